The van der Waals surface area contributed by atoms with E-state index in [-0.39, 0.29) is 5.91 Å². The number of carbonyl (C=O) groups excluding carboxylic acids is 1. The average molecular weight is 308 g/mol. The molecule has 0 radical (unpaired) electrons. The minimum absolute atomic E-state index is 0.143. The van der Waals surface area contributed by atoms with E-state index in [2.05, 4.69) is 43.4 Å². The number of amides is 1. The van der Waals surface area contributed by atoms with E-state index in [9.17, 15) is 4.79 Å². The third-order valence-corrected chi connectivity index (χ3v) is 4.52. The number of likely N-dealkylation sites (tertiary alicyclic amines) is 1. The second kappa shape index (κ2) is 6.86. The van der Waals surface area contributed by atoms with Gasteiger partial charge in [-0.05, 0) is 56.0 Å². The van der Waals surface area contributed by atoms with E-state index in [1.807, 2.05) is 29.2 Å². The van der Waals surface area contributed by atoms with Crippen LogP contribution in [0.1, 0.15) is 35.7 Å². The van der Waals surface area contributed by atoms with E-state index in [1.165, 1.54) is 5.56 Å². The first kappa shape index (κ1) is 15.6. The van der Waals surface area contributed by atoms with Crippen molar-refractivity contribution < 1.29 is 4.79 Å². The Morgan fingerprint density at radius 2 is 1.74 bits per heavy atom. The monoisotopic (exact) mass is 308 g/mol. The summed E-state index contributed by atoms with van der Waals surface area (Å²) in [4.78, 5) is 14.6. The normalized spacial score (nSPS) is 15.5. The van der Waals surface area contributed by atoms with Gasteiger partial charge in [0.1, 0.15) is 0 Å². The molecule has 1 aliphatic heterocycles. The molecule has 120 valence electrons. The summed E-state index contributed by atoms with van der Waals surface area (Å²) in [5.41, 5.74) is 3.98. The maximum absolute atomic E-state index is 12.7. The molecular formula is C20H24N2O. The number of carbonyl (C=O) groups is 1. The van der Waals surface area contributed by atoms with Crippen LogP contribution in [0.15, 0.2) is 48.5 Å². The number of rotatable bonds is 3. The third-order valence-electron chi connectivity index (χ3n) is 4.52. The number of hydrogen-bond acceptors (Lipinski definition) is 2. The number of hydrogen-bond donors (Lipinski definition) is 1. The highest BCUT2D eigenvalue weighted by molar-refractivity contribution is 5.95. The largest absolute Gasteiger partial charge is 0.356 e. The highest BCUT2D eigenvalue weighted by Crippen LogP contribution is 2.21. The van der Waals surface area contributed by atoms with Gasteiger partial charge in [0, 0.05) is 30.0 Å². The number of nitrogens with one attached hydrogen (secondary N) is 1. The predicted molar refractivity (Wildman–Crippen MR) is 95.2 cm³/mol. The summed E-state index contributed by atoms with van der Waals surface area (Å²) in [6.45, 7) is 6.07. The van der Waals surface area contributed by atoms with Crippen molar-refractivity contribution in [1.82, 2.24) is 4.90 Å². The fraction of sp³-hybridized carbons (Fsp3) is 0.350. The standard InChI is InChI=1S/C20H24N2O/c1-15-6-8-18(9-7-15)21-19-5-3-4-17(14-19)20(23)22-12-10-16(2)11-13-22/h3-9,14,16,21H,10-13H2,1-2H3. The van der Waals surface area contributed by atoms with Gasteiger partial charge in [0.15, 0.2) is 0 Å². The zero-order valence-corrected chi connectivity index (χ0v) is 13.9. The lowest BCUT2D eigenvalue weighted by Gasteiger charge is -2.30. The van der Waals surface area contributed by atoms with Gasteiger partial charge in [-0.15, -0.1) is 0 Å². The van der Waals surface area contributed by atoms with Crippen LogP contribution >= 0.6 is 0 Å². The Hall–Kier alpha value is -2.29. The second-order valence-electron chi connectivity index (χ2n) is 6.55. The van der Waals surface area contributed by atoms with Gasteiger partial charge in [0.05, 0.1) is 0 Å². The topological polar surface area (TPSA) is 32.3 Å². The molecule has 1 N–H and O–H groups in total. The molecule has 3 heteroatoms. The van der Waals surface area contributed by atoms with Gasteiger partial charge in [-0.3, -0.25) is 4.79 Å². The first-order chi connectivity index (χ1) is 11.1. The van der Waals surface area contributed by atoms with Crippen LogP contribution < -0.4 is 5.32 Å². The van der Waals surface area contributed by atoms with E-state index >= 15 is 0 Å². The molecule has 0 bridgehead atoms. The van der Waals surface area contributed by atoms with E-state index in [1.54, 1.807) is 0 Å². The van der Waals surface area contributed by atoms with E-state index in [4.69, 9.17) is 0 Å². The molecule has 0 unspecified atom stereocenters. The van der Waals surface area contributed by atoms with Gasteiger partial charge < -0.3 is 10.2 Å². The Morgan fingerprint density at radius 1 is 1.04 bits per heavy atom. The Morgan fingerprint density at radius 3 is 2.43 bits per heavy atom. The van der Waals surface area contributed by atoms with Crippen LogP contribution in [-0.2, 0) is 0 Å². The van der Waals surface area contributed by atoms with E-state index in [0.29, 0.717) is 0 Å². The van der Waals surface area contributed by atoms with Crippen molar-refractivity contribution in [2.24, 2.45) is 5.92 Å². The minimum Gasteiger partial charge on any atom is -0.356 e. The van der Waals surface area contributed by atoms with Crippen molar-refractivity contribution in [3.05, 3.63) is 59.7 Å². The fourth-order valence-electron chi connectivity index (χ4n) is 2.93. The van der Waals surface area contributed by atoms with Crippen LogP contribution in [0.25, 0.3) is 0 Å². The molecule has 1 amide bonds. The molecule has 3 nitrogen and oxygen atoms in total. The maximum atomic E-state index is 12.7. The lowest BCUT2D eigenvalue weighted by atomic mass is 9.98. The van der Waals surface area contributed by atoms with Crippen LogP contribution in [0.2, 0.25) is 0 Å². The minimum atomic E-state index is 0.143. The van der Waals surface area contributed by atoms with Crippen molar-refractivity contribution in [2.75, 3.05) is 18.4 Å². The summed E-state index contributed by atoms with van der Waals surface area (Å²) < 4.78 is 0. The van der Waals surface area contributed by atoms with Crippen molar-refractivity contribution in [3.8, 4) is 0 Å². The van der Waals surface area contributed by atoms with Crippen LogP contribution in [0.3, 0.4) is 0 Å². The van der Waals surface area contributed by atoms with Crippen molar-refractivity contribution in [2.45, 2.75) is 26.7 Å². The Labute approximate surface area is 138 Å². The molecule has 1 saturated heterocycles. The summed E-state index contributed by atoms with van der Waals surface area (Å²) in [7, 11) is 0. The number of aryl methyl sites for hydroxylation is 1. The quantitative estimate of drug-likeness (QED) is 0.898. The van der Waals surface area contributed by atoms with Gasteiger partial charge >= 0.3 is 0 Å². The molecule has 3 rings (SSSR count). The smallest absolute Gasteiger partial charge is 0.253 e. The third kappa shape index (κ3) is 3.92. The highest BCUT2D eigenvalue weighted by Gasteiger charge is 2.21. The van der Waals surface area contributed by atoms with Crippen LogP contribution in [0.4, 0.5) is 11.4 Å². The van der Waals surface area contributed by atoms with E-state index in [0.717, 1.165) is 48.8 Å². The molecular weight excluding hydrogens is 284 g/mol. The van der Waals surface area contributed by atoms with Crippen LogP contribution in [-0.4, -0.2) is 23.9 Å². The summed E-state index contributed by atoms with van der Waals surface area (Å²) in [5.74, 6) is 0.873. The summed E-state index contributed by atoms with van der Waals surface area (Å²) in [6.07, 6.45) is 2.21. The van der Waals surface area contributed by atoms with Crippen molar-refractivity contribution >= 4 is 17.3 Å². The molecule has 0 saturated carbocycles. The summed E-state index contributed by atoms with van der Waals surface area (Å²) in [6, 6.07) is 16.0. The molecule has 2 aromatic rings. The number of piperidine rings is 1. The van der Waals surface area contributed by atoms with Crippen molar-refractivity contribution in [3.63, 3.8) is 0 Å². The van der Waals surface area contributed by atoms with E-state index < -0.39 is 0 Å². The SMILES string of the molecule is Cc1ccc(Nc2cccc(C(=O)N3CCC(C)CC3)c2)cc1. The van der Waals surface area contributed by atoms with Gasteiger partial charge in [-0.2, -0.15) is 0 Å². The van der Waals surface area contributed by atoms with Crippen molar-refractivity contribution in [1.29, 1.82) is 0 Å². The molecule has 1 heterocycles. The van der Waals surface area contributed by atoms with Crippen LogP contribution in [0, 0.1) is 12.8 Å². The number of nitrogens with zero attached hydrogens (tertiary/aromatic N) is 1. The molecule has 0 aliphatic carbocycles. The molecule has 0 atom stereocenters. The summed E-state index contributed by atoms with van der Waals surface area (Å²) >= 11 is 0. The number of benzene rings is 2. The predicted octanol–water partition coefficient (Wildman–Crippen LogP) is 4.61. The number of anilines is 2. The second-order valence-corrected chi connectivity index (χ2v) is 6.55. The zero-order chi connectivity index (χ0) is 16.2. The fourth-order valence-corrected chi connectivity index (χ4v) is 2.93. The molecule has 0 spiro atoms. The molecule has 0 aromatic heterocycles. The summed E-state index contributed by atoms with van der Waals surface area (Å²) in [5, 5.41) is 3.37. The lowest BCUT2D eigenvalue weighted by molar-refractivity contribution is 0.0697. The lowest BCUT2D eigenvalue weighted by Crippen LogP contribution is -2.37. The molecule has 2 aromatic carbocycles. The van der Waals surface area contributed by atoms with Gasteiger partial charge in [-0.25, -0.2) is 0 Å². The average Bonchev–Trinajstić information content (AvgIpc) is 2.57. The molecule has 23 heavy (non-hydrogen) atoms. The van der Waals surface area contributed by atoms with Crippen LogP contribution in [0.5, 0.6) is 0 Å². The molecule has 1 aliphatic rings. The zero-order valence-electron chi connectivity index (χ0n) is 13.9. The Balaban J connectivity index is 1.71. The van der Waals surface area contributed by atoms with Gasteiger partial charge in [0.2, 0.25) is 0 Å². The van der Waals surface area contributed by atoms with Gasteiger partial charge in [-0.1, -0.05) is 30.7 Å². The first-order valence-corrected chi connectivity index (χ1v) is 8.35. The first-order valence-electron chi connectivity index (χ1n) is 8.35. The Bertz CT molecular complexity index is 670. The Kier molecular flexibility index (Phi) is 4.65. The maximum Gasteiger partial charge on any atom is 0.253 e. The van der Waals surface area contributed by atoms with Gasteiger partial charge in [0.25, 0.3) is 5.91 Å². The highest BCUT2D eigenvalue weighted by atomic mass is 16.2. The molecule has 1 fully saturated rings.